The van der Waals surface area contributed by atoms with Gasteiger partial charge in [0.15, 0.2) is 12.4 Å². The predicted molar refractivity (Wildman–Crippen MR) is 121 cm³/mol. The van der Waals surface area contributed by atoms with E-state index in [1.54, 1.807) is 11.3 Å². The quantitative estimate of drug-likeness (QED) is 0.308. The molecule has 5 nitrogen and oxygen atoms in total. The summed E-state index contributed by atoms with van der Waals surface area (Å²) in [6, 6.07) is 8.46. The van der Waals surface area contributed by atoms with Crippen LogP contribution in [0.2, 0.25) is 0 Å². The van der Waals surface area contributed by atoms with E-state index in [1.165, 1.54) is 26.5 Å². The van der Waals surface area contributed by atoms with Crippen LogP contribution >= 0.6 is 11.3 Å². The predicted octanol–water partition coefficient (Wildman–Crippen LogP) is 1.07. The van der Waals surface area contributed by atoms with Gasteiger partial charge in [0.1, 0.15) is 18.8 Å². The van der Waals surface area contributed by atoms with Gasteiger partial charge in [0, 0.05) is 23.4 Å². The number of hydrogen-bond donors (Lipinski definition) is 1. The molecule has 0 amide bonds. The largest absolute Gasteiger partial charge is 1.00 e. The van der Waals surface area contributed by atoms with Crippen molar-refractivity contribution < 1.29 is 37.9 Å². The minimum Gasteiger partial charge on any atom is -1.00 e. The highest BCUT2D eigenvalue weighted by Crippen LogP contribution is 2.41. The van der Waals surface area contributed by atoms with E-state index < -0.39 is 0 Å². The summed E-state index contributed by atoms with van der Waals surface area (Å²) < 4.78 is 8.36. The first-order valence-electron chi connectivity index (χ1n) is 10.4. The lowest BCUT2D eigenvalue weighted by molar-refractivity contribution is -0.880. The van der Waals surface area contributed by atoms with E-state index >= 15 is 0 Å². The van der Waals surface area contributed by atoms with Gasteiger partial charge in [-0.1, -0.05) is 6.07 Å². The van der Waals surface area contributed by atoms with Gasteiger partial charge in [-0.25, -0.2) is 4.98 Å². The van der Waals surface area contributed by atoms with Crippen LogP contribution in [0.4, 0.5) is 5.13 Å². The molecule has 1 aliphatic heterocycles. The van der Waals surface area contributed by atoms with Gasteiger partial charge in [0.25, 0.3) is 0 Å². The third-order valence-electron chi connectivity index (χ3n) is 6.42. The zero-order chi connectivity index (χ0) is 21.2. The van der Waals surface area contributed by atoms with Crippen molar-refractivity contribution in [3.05, 3.63) is 65.1 Å². The molecule has 162 valence electrons. The van der Waals surface area contributed by atoms with Crippen LogP contribution in [0.1, 0.15) is 37.6 Å². The summed E-state index contributed by atoms with van der Waals surface area (Å²) in [4.78, 5) is 8.47. The van der Waals surface area contributed by atoms with Crippen LogP contribution in [-0.2, 0) is 12.6 Å². The number of aryl methyl sites for hydroxylation is 3. The summed E-state index contributed by atoms with van der Waals surface area (Å²) in [5, 5.41) is 5.72. The molecule has 4 heterocycles. The number of fused-ring (bicyclic) bond motifs is 3. The Balaban J connectivity index is 0.00000231. The molecular formula is C24H28IN4OS+. The fourth-order valence-electron chi connectivity index (χ4n) is 4.97. The minimum atomic E-state index is -0.223. The van der Waals surface area contributed by atoms with Crippen LogP contribution in [0.3, 0.4) is 0 Å². The maximum absolute atomic E-state index is 6.15. The van der Waals surface area contributed by atoms with Crippen molar-refractivity contribution in [2.45, 2.75) is 46.3 Å². The molecule has 0 radical (unpaired) electrons. The number of halogens is 1. The first kappa shape index (κ1) is 22.2. The van der Waals surface area contributed by atoms with Crippen molar-refractivity contribution in [3.63, 3.8) is 0 Å². The normalized spacial score (nSPS) is 18.8. The van der Waals surface area contributed by atoms with Crippen LogP contribution in [0, 0.1) is 13.8 Å². The summed E-state index contributed by atoms with van der Waals surface area (Å²) in [6.45, 7) is 11.1. The summed E-state index contributed by atoms with van der Waals surface area (Å²) in [5.74, 6) is 0. The van der Waals surface area contributed by atoms with Gasteiger partial charge >= 0.3 is 5.13 Å². The number of rotatable bonds is 3. The number of thiazole rings is 1. The number of aromatic nitrogens is 2. The molecule has 2 atom stereocenters. The Hall–Kier alpha value is -1.97. The number of pyridine rings is 1. The zero-order valence-corrected chi connectivity index (χ0v) is 21.7. The van der Waals surface area contributed by atoms with Gasteiger partial charge < -0.3 is 33.3 Å². The molecule has 0 spiro atoms. The van der Waals surface area contributed by atoms with E-state index in [2.05, 4.69) is 97.4 Å². The molecule has 0 bridgehead atoms. The second kappa shape index (κ2) is 7.86. The first-order valence-corrected chi connectivity index (χ1v) is 11.2. The zero-order valence-electron chi connectivity index (χ0n) is 18.7. The van der Waals surface area contributed by atoms with Crippen molar-refractivity contribution in [3.8, 4) is 0 Å². The molecule has 0 saturated carbocycles. The summed E-state index contributed by atoms with van der Waals surface area (Å²) in [5.41, 5.74) is 4.94. The van der Waals surface area contributed by atoms with Gasteiger partial charge in [-0.2, -0.15) is 4.90 Å². The Bertz CT molecular complexity index is 1310. The minimum absolute atomic E-state index is 0. The Kier molecular flexibility index (Phi) is 5.64. The molecule has 7 heteroatoms. The highest BCUT2D eigenvalue weighted by Gasteiger charge is 2.43. The van der Waals surface area contributed by atoms with Crippen LogP contribution in [0.25, 0.3) is 22.1 Å². The number of benzene rings is 1. The van der Waals surface area contributed by atoms with Crippen LogP contribution < -0.4 is 33.4 Å². The van der Waals surface area contributed by atoms with Crippen molar-refractivity contribution in [1.82, 2.24) is 9.88 Å². The van der Waals surface area contributed by atoms with Crippen molar-refractivity contribution in [2.24, 2.45) is 7.05 Å². The van der Waals surface area contributed by atoms with E-state index in [-0.39, 0.29) is 35.7 Å². The van der Waals surface area contributed by atoms with Crippen LogP contribution in [-0.4, -0.2) is 16.0 Å². The lowest BCUT2D eigenvalue weighted by Gasteiger charge is -2.39. The van der Waals surface area contributed by atoms with Gasteiger partial charge in [0.05, 0.1) is 17.1 Å². The molecule has 5 rings (SSSR count). The molecule has 0 saturated heterocycles. The lowest BCUT2D eigenvalue weighted by Crippen LogP contribution is -3.08. The lowest BCUT2D eigenvalue weighted by atomic mass is 9.85. The maximum atomic E-state index is 6.15. The van der Waals surface area contributed by atoms with Crippen molar-refractivity contribution in [2.75, 3.05) is 0 Å². The van der Waals surface area contributed by atoms with Crippen LogP contribution in [0.5, 0.6) is 0 Å². The average molecular weight is 547 g/mol. The molecule has 31 heavy (non-hydrogen) atoms. The Morgan fingerprint density at radius 1 is 1.19 bits per heavy atom. The van der Waals surface area contributed by atoms with Crippen molar-refractivity contribution >= 4 is 38.5 Å². The molecule has 0 aliphatic carbocycles. The molecule has 1 aromatic carbocycles. The third kappa shape index (κ3) is 3.37. The Labute approximate surface area is 204 Å². The molecule has 4 aromatic rings. The topological polar surface area (TPSA) is 37.6 Å². The Morgan fingerprint density at radius 2 is 1.97 bits per heavy atom. The SMILES string of the molecule is Cc1ccc2c(n1)oc1ccc(C)c(C(C)(C)N3C=C[NH+](c4scc[n+]4C)C3C)c12.[I-]. The second-order valence-corrected chi connectivity index (χ2v) is 9.66. The van der Waals surface area contributed by atoms with Crippen molar-refractivity contribution in [1.29, 1.82) is 0 Å². The number of nitrogens with zero attached hydrogens (tertiary/aromatic N) is 3. The fourth-order valence-corrected chi connectivity index (χ4v) is 5.94. The monoisotopic (exact) mass is 547 g/mol. The van der Waals surface area contributed by atoms with Gasteiger partial charge in [-0.05, 0) is 68.4 Å². The van der Waals surface area contributed by atoms with E-state index in [4.69, 9.17) is 4.42 Å². The number of quaternary nitrogens is 1. The molecule has 1 aliphatic rings. The van der Waals surface area contributed by atoms with E-state index in [1.807, 2.05) is 6.92 Å². The summed E-state index contributed by atoms with van der Waals surface area (Å²) in [7, 11) is 2.12. The molecule has 2 unspecified atom stereocenters. The molecule has 0 fully saturated rings. The second-order valence-electron chi connectivity index (χ2n) is 8.77. The fraction of sp³-hybridized carbons (Fsp3) is 0.333. The van der Waals surface area contributed by atoms with Crippen LogP contribution in [0.15, 0.2) is 52.7 Å². The summed E-state index contributed by atoms with van der Waals surface area (Å²) in [6.07, 6.45) is 6.92. The standard InChI is InChI=1S/C24H27N4OS.HI/c1-15-7-10-19-20(18-9-8-16(2)25-22(18)29-19)21(15)24(4,5)28-12-11-27(17(28)3)23-26(6)13-14-30-23;/h7-14,17H,1-6H3;1H/q+1;. The smallest absolute Gasteiger partial charge is 0.434 e. The highest BCUT2D eigenvalue weighted by atomic mass is 127. The third-order valence-corrected chi connectivity index (χ3v) is 7.43. The molecular weight excluding hydrogens is 519 g/mol. The van der Waals surface area contributed by atoms with Gasteiger partial charge in [-0.3, -0.25) is 0 Å². The Morgan fingerprint density at radius 3 is 2.68 bits per heavy atom. The highest BCUT2D eigenvalue weighted by molar-refractivity contribution is 7.12. The number of furan rings is 1. The van der Waals surface area contributed by atoms with E-state index in [9.17, 15) is 0 Å². The summed E-state index contributed by atoms with van der Waals surface area (Å²) >= 11 is 1.79. The first-order chi connectivity index (χ1) is 14.3. The van der Waals surface area contributed by atoms with E-state index in [0.717, 1.165) is 22.4 Å². The average Bonchev–Trinajstić information content (AvgIpc) is 3.37. The maximum Gasteiger partial charge on any atom is 0.434 e. The molecule has 1 N–H and O–H groups in total. The number of hydrogen-bond acceptors (Lipinski definition) is 4. The molecule has 3 aromatic heterocycles. The van der Waals surface area contributed by atoms with Gasteiger partial charge in [-0.15, -0.1) is 4.57 Å². The van der Waals surface area contributed by atoms with E-state index in [0.29, 0.717) is 0 Å². The van der Waals surface area contributed by atoms with Gasteiger partial charge in [0.2, 0.25) is 5.71 Å². The number of nitrogens with one attached hydrogen (secondary N) is 1.